The van der Waals surface area contributed by atoms with E-state index in [2.05, 4.69) is 31.0 Å². The van der Waals surface area contributed by atoms with Gasteiger partial charge in [-0.2, -0.15) is 0 Å². The Morgan fingerprint density at radius 1 is 1.25 bits per heavy atom. The number of likely N-dealkylation sites (tertiary alicyclic amines) is 1. The minimum absolute atomic E-state index is 0.662. The van der Waals surface area contributed by atoms with Gasteiger partial charge in [0.25, 0.3) is 0 Å². The standard InChI is InChI=1S/C14H28N2/c1-12(2)10-16-8-4-13(5-9-16)15-11-14(3)6-7-14/h12-13,15H,4-11H2,1-3H3. The highest BCUT2D eigenvalue weighted by Crippen LogP contribution is 2.44. The molecule has 94 valence electrons. The first-order valence-electron chi connectivity index (χ1n) is 7.03. The average Bonchev–Trinajstić information content (AvgIpc) is 2.96. The van der Waals surface area contributed by atoms with E-state index in [1.807, 2.05) is 0 Å². The first-order chi connectivity index (χ1) is 7.57. The van der Waals surface area contributed by atoms with E-state index in [1.54, 1.807) is 0 Å². The van der Waals surface area contributed by atoms with Gasteiger partial charge in [-0.15, -0.1) is 0 Å². The van der Waals surface area contributed by atoms with Gasteiger partial charge in [0.2, 0.25) is 0 Å². The quantitative estimate of drug-likeness (QED) is 0.772. The van der Waals surface area contributed by atoms with Crippen molar-refractivity contribution in [1.82, 2.24) is 10.2 Å². The van der Waals surface area contributed by atoms with Crippen LogP contribution >= 0.6 is 0 Å². The molecule has 1 aliphatic heterocycles. The van der Waals surface area contributed by atoms with Crippen LogP contribution in [0.25, 0.3) is 0 Å². The molecule has 0 aromatic rings. The van der Waals surface area contributed by atoms with Crippen molar-refractivity contribution in [2.45, 2.75) is 52.5 Å². The molecule has 2 aliphatic rings. The van der Waals surface area contributed by atoms with Crippen LogP contribution in [0.1, 0.15) is 46.5 Å². The van der Waals surface area contributed by atoms with E-state index in [4.69, 9.17) is 0 Å². The van der Waals surface area contributed by atoms with Crippen molar-refractivity contribution in [3.63, 3.8) is 0 Å². The van der Waals surface area contributed by atoms with E-state index in [0.29, 0.717) is 5.41 Å². The molecule has 0 bridgehead atoms. The maximum absolute atomic E-state index is 3.77. The topological polar surface area (TPSA) is 15.3 Å². The van der Waals surface area contributed by atoms with Crippen LogP contribution in [0.15, 0.2) is 0 Å². The van der Waals surface area contributed by atoms with Crippen LogP contribution < -0.4 is 5.32 Å². The summed E-state index contributed by atoms with van der Waals surface area (Å²) in [6, 6.07) is 0.792. The van der Waals surface area contributed by atoms with Gasteiger partial charge < -0.3 is 10.2 Å². The number of piperidine rings is 1. The van der Waals surface area contributed by atoms with Crippen LogP contribution in [0.2, 0.25) is 0 Å². The maximum Gasteiger partial charge on any atom is 0.00916 e. The summed E-state index contributed by atoms with van der Waals surface area (Å²) in [6.45, 7) is 12.2. The molecule has 1 heterocycles. The fourth-order valence-corrected chi connectivity index (χ4v) is 2.62. The molecule has 0 unspecified atom stereocenters. The number of hydrogen-bond donors (Lipinski definition) is 1. The Morgan fingerprint density at radius 2 is 1.88 bits per heavy atom. The van der Waals surface area contributed by atoms with Crippen molar-refractivity contribution in [3.05, 3.63) is 0 Å². The van der Waals surface area contributed by atoms with Crippen molar-refractivity contribution >= 4 is 0 Å². The molecule has 0 aromatic carbocycles. The number of nitrogens with zero attached hydrogens (tertiary/aromatic N) is 1. The monoisotopic (exact) mass is 224 g/mol. The summed E-state index contributed by atoms with van der Waals surface area (Å²) in [5.41, 5.74) is 0.662. The maximum atomic E-state index is 3.77. The van der Waals surface area contributed by atoms with Gasteiger partial charge in [0, 0.05) is 19.1 Å². The third kappa shape index (κ3) is 3.74. The Morgan fingerprint density at radius 3 is 2.38 bits per heavy atom. The van der Waals surface area contributed by atoms with Gasteiger partial charge in [-0.3, -0.25) is 0 Å². The van der Waals surface area contributed by atoms with Gasteiger partial charge in [-0.1, -0.05) is 20.8 Å². The molecule has 2 nitrogen and oxygen atoms in total. The van der Waals surface area contributed by atoms with Crippen molar-refractivity contribution in [2.75, 3.05) is 26.2 Å². The van der Waals surface area contributed by atoms with Crippen molar-refractivity contribution in [2.24, 2.45) is 11.3 Å². The summed E-state index contributed by atoms with van der Waals surface area (Å²) in [6.07, 6.45) is 5.57. The molecule has 2 rings (SSSR count). The summed E-state index contributed by atoms with van der Waals surface area (Å²) in [4.78, 5) is 2.63. The van der Waals surface area contributed by atoms with E-state index < -0.39 is 0 Å². The molecule has 1 saturated carbocycles. The minimum Gasteiger partial charge on any atom is -0.313 e. The molecule has 2 fully saturated rings. The van der Waals surface area contributed by atoms with E-state index >= 15 is 0 Å². The third-order valence-corrected chi connectivity index (χ3v) is 4.13. The van der Waals surface area contributed by atoms with Gasteiger partial charge in [0.05, 0.1) is 0 Å². The largest absolute Gasteiger partial charge is 0.313 e. The molecular formula is C14H28N2. The van der Waals surface area contributed by atoms with Gasteiger partial charge in [0.1, 0.15) is 0 Å². The van der Waals surface area contributed by atoms with E-state index in [9.17, 15) is 0 Å². The predicted octanol–water partition coefficient (Wildman–Crippen LogP) is 2.50. The number of hydrogen-bond acceptors (Lipinski definition) is 2. The summed E-state index contributed by atoms with van der Waals surface area (Å²) in [5.74, 6) is 0.815. The zero-order valence-corrected chi connectivity index (χ0v) is 11.3. The average molecular weight is 224 g/mol. The van der Waals surface area contributed by atoms with Gasteiger partial charge >= 0.3 is 0 Å². The molecule has 2 heteroatoms. The summed E-state index contributed by atoms with van der Waals surface area (Å²) in [5, 5.41) is 3.77. The van der Waals surface area contributed by atoms with Crippen LogP contribution in [0.5, 0.6) is 0 Å². The van der Waals surface area contributed by atoms with Gasteiger partial charge in [-0.25, -0.2) is 0 Å². The molecule has 1 aliphatic carbocycles. The van der Waals surface area contributed by atoms with E-state index in [1.165, 1.54) is 51.9 Å². The Balaban J connectivity index is 1.61. The molecule has 1 N–H and O–H groups in total. The molecule has 1 saturated heterocycles. The summed E-state index contributed by atoms with van der Waals surface area (Å²) < 4.78 is 0. The van der Waals surface area contributed by atoms with E-state index in [0.717, 1.165) is 12.0 Å². The lowest BCUT2D eigenvalue weighted by Crippen LogP contribution is -2.44. The summed E-state index contributed by atoms with van der Waals surface area (Å²) >= 11 is 0. The highest BCUT2D eigenvalue weighted by molar-refractivity contribution is 4.92. The smallest absolute Gasteiger partial charge is 0.00916 e. The predicted molar refractivity (Wildman–Crippen MR) is 69.6 cm³/mol. The zero-order valence-electron chi connectivity index (χ0n) is 11.3. The SMILES string of the molecule is CC(C)CN1CCC(NCC2(C)CC2)CC1. The Labute approximate surface area is 101 Å². The minimum atomic E-state index is 0.662. The lowest BCUT2D eigenvalue weighted by molar-refractivity contribution is 0.177. The fraction of sp³-hybridized carbons (Fsp3) is 1.00. The Hall–Kier alpha value is -0.0800. The molecule has 0 aromatic heterocycles. The van der Waals surface area contributed by atoms with Crippen LogP contribution in [-0.4, -0.2) is 37.1 Å². The van der Waals surface area contributed by atoms with Crippen LogP contribution in [-0.2, 0) is 0 Å². The molecule has 16 heavy (non-hydrogen) atoms. The Bertz CT molecular complexity index is 213. The lowest BCUT2D eigenvalue weighted by atomic mass is 10.0. The number of nitrogens with one attached hydrogen (secondary N) is 1. The second-order valence-corrected chi connectivity index (χ2v) is 6.66. The highest BCUT2D eigenvalue weighted by atomic mass is 15.1. The fourth-order valence-electron chi connectivity index (χ4n) is 2.62. The van der Waals surface area contributed by atoms with Crippen molar-refractivity contribution < 1.29 is 0 Å². The second-order valence-electron chi connectivity index (χ2n) is 6.66. The molecule has 0 atom stereocenters. The zero-order chi connectivity index (χ0) is 11.6. The van der Waals surface area contributed by atoms with Crippen LogP contribution in [0, 0.1) is 11.3 Å². The first kappa shape index (κ1) is 12.4. The molecule has 0 radical (unpaired) electrons. The molecule has 0 spiro atoms. The van der Waals surface area contributed by atoms with Gasteiger partial charge in [0.15, 0.2) is 0 Å². The highest BCUT2D eigenvalue weighted by Gasteiger charge is 2.37. The van der Waals surface area contributed by atoms with Crippen LogP contribution in [0.4, 0.5) is 0 Å². The molecular weight excluding hydrogens is 196 g/mol. The third-order valence-electron chi connectivity index (χ3n) is 4.13. The van der Waals surface area contributed by atoms with E-state index in [-0.39, 0.29) is 0 Å². The lowest BCUT2D eigenvalue weighted by Gasteiger charge is -2.34. The van der Waals surface area contributed by atoms with Crippen molar-refractivity contribution in [3.8, 4) is 0 Å². The summed E-state index contributed by atoms with van der Waals surface area (Å²) in [7, 11) is 0. The normalized spacial score (nSPS) is 26.2. The first-order valence-corrected chi connectivity index (χ1v) is 7.03. The number of rotatable bonds is 5. The van der Waals surface area contributed by atoms with Gasteiger partial charge in [-0.05, 0) is 50.1 Å². The Kier molecular flexibility index (Phi) is 3.91. The second kappa shape index (κ2) is 5.05. The van der Waals surface area contributed by atoms with Crippen molar-refractivity contribution in [1.29, 1.82) is 0 Å². The molecule has 0 amide bonds. The van der Waals surface area contributed by atoms with Crippen LogP contribution in [0.3, 0.4) is 0 Å².